The maximum absolute atomic E-state index is 12.6. The molecule has 8 heteroatoms. The Morgan fingerprint density at radius 1 is 1.16 bits per heavy atom. The molecule has 2 N–H and O–H groups in total. The molecule has 0 radical (unpaired) electrons. The second-order valence-electron chi connectivity index (χ2n) is 9.79. The Balaban J connectivity index is 1.49. The van der Waals surface area contributed by atoms with Crippen LogP contribution >= 0.6 is 11.3 Å². The number of benzene rings is 1. The van der Waals surface area contributed by atoms with E-state index in [2.05, 4.69) is 34.4 Å². The summed E-state index contributed by atoms with van der Waals surface area (Å²) in [6.45, 7) is 13.4. The van der Waals surface area contributed by atoms with Crippen molar-refractivity contribution < 1.29 is 14.3 Å². The summed E-state index contributed by atoms with van der Waals surface area (Å²) in [5.74, 6) is 1.22. The van der Waals surface area contributed by atoms with Crippen molar-refractivity contribution in [3.8, 4) is 0 Å². The number of carbonyl (C=O) groups excluding carboxylic acids is 2. The molecule has 1 aliphatic heterocycles. The fourth-order valence-electron chi connectivity index (χ4n) is 4.02. The zero-order chi connectivity index (χ0) is 23.3. The van der Waals surface area contributed by atoms with Gasteiger partial charge in [0.1, 0.15) is 5.60 Å². The van der Waals surface area contributed by atoms with E-state index >= 15 is 0 Å². The maximum atomic E-state index is 12.6. The summed E-state index contributed by atoms with van der Waals surface area (Å²) < 4.78 is 5.23. The molecular formula is C24H34N4O3S. The van der Waals surface area contributed by atoms with Crippen LogP contribution in [0.5, 0.6) is 0 Å². The lowest BCUT2D eigenvalue weighted by atomic mass is 9.92. The number of nitrogens with zero attached hydrogens (tertiary/aromatic N) is 2. The van der Waals surface area contributed by atoms with E-state index in [1.807, 2.05) is 38.3 Å². The molecule has 174 valence electrons. The highest BCUT2D eigenvalue weighted by molar-refractivity contribution is 7.13. The van der Waals surface area contributed by atoms with Gasteiger partial charge in [-0.1, -0.05) is 26.0 Å². The van der Waals surface area contributed by atoms with Gasteiger partial charge in [0.05, 0.1) is 5.69 Å². The molecule has 1 aromatic carbocycles. The van der Waals surface area contributed by atoms with E-state index in [4.69, 9.17) is 4.74 Å². The number of hydrogen-bond donors (Lipinski definition) is 2. The van der Waals surface area contributed by atoms with Crippen LogP contribution in [0.3, 0.4) is 0 Å². The third kappa shape index (κ3) is 7.60. The second kappa shape index (κ2) is 10.4. The molecule has 0 saturated carbocycles. The fraction of sp³-hybridized carbons (Fsp3) is 0.542. The number of rotatable bonds is 6. The Labute approximate surface area is 194 Å². The van der Waals surface area contributed by atoms with E-state index < -0.39 is 11.7 Å². The molecule has 2 amide bonds. The average molecular weight is 459 g/mol. The number of piperidine rings is 1. The maximum Gasteiger partial charge on any atom is 0.407 e. The number of carbonyl (C=O) groups is 2. The van der Waals surface area contributed by atoms with E-state index in [1.54, 1.807) is 12.1 Å². The van der Waals surface area contributed by atoms with Crippen molar-refractivity contribution in [2.75, 3.05) is 18.4 Å². The van der Waals surface area contributed by atoms with Gasteiger partial charge in [0.15, 0.2) is 5.13 Å². The van der Waals surface area contributed by atoms with Crippen molar-refractivity contribution in [2.45, 2.75) is 59.7 Å². The number of anilines is 1. The third-order valence-corrected chi connectivity index (χ3v) is 5.96. The average Bonchev–Trinajstić information content (AvgIpc) is 3.11. The quantitative estimate of drug-likeness (QED) is 0.643. The lowest BCUT2D eigenvalue weighted by molar-refractivity contribution is 0.0523. The number of ether oxygens (including phenoxy) is 1. The molecule has 3 rings (SSSR count). The van der Waals surface area contributed by atoms with Crippen LogP contribution in [0.15, 0.2) is 29.6 Å². The molecule has 1 saturated heterocycles. The highest BCUT2D eigenvalue weighted by atomic mass is 32.1. The second-order valence-corrected chi connectivity index (χ2v) is 10.6. The first-order valence-electron chi connectivity index (χ1n) is 11.1. The van der Waals surface area contributed by atoms with Crippen LogP contribution in [0.1, 0.15) is 62.7 Å². The number of hydrogen-bond acceptors (Lipinski definition) is 6. The molecule has 2 heterocycles. The van der Waals surface area contributed by atoms with Crippen LogP contribution < -0.4 is 10.6 Å². The molecule has 0 spiro atoms. The first kappa shape index (κ1) is 24.2. The predicted octanol–water partition coefficient (Wildman–Crippen LogP) is 4.90. The molecular weight excluding hydrogens is 424 g/mol. The first-order valence-corrected chi connectivity index (χ1v) is 12.0. The van der Waals surface area contributed by atoms with Gasteiger partial charge in [-0.25, -0.2) is 9.78 Å². The highest BCUT2D eigenvalue weighted by Crippen LogP contribution is 2.24. The van der Waals surface area contributed by atoms with Gasteiger partial charge in [0, 0.05) is 37.1 Å². The molecule has 1 aromatic heterocycles. The van der Waals surface area contributed by atoms with Gasteiger partial charge >= 0.3 is 6.09 Å². The number of amides is 2. The normalized spacial score (nSPS) is 19.4. The van der Waals surface area contributed by atoms with E-state index in [-0.39, 0.29) is 5.91 Å². The van der Waals surface area contributed by atoms with Crippen molar-refractivity contribution in [2.24, 2.45) is 11.8 Å². The summed E-state index contributed by atoms with van der Waals surface area (Å²) >= 11 is 1.45. The zero-order valence-electron chi connectivity index (χ0n) is 19.6. The Morgan fingerprint density at radius 3 is 2.44 bits per heavy atom. The summed E-state index contributed by atoms with van der Waals surface area (Å²) in [6.07, 6.45) is 0.817. The Kier molecular flexibility index (Phi) is 7.90. The van der Waals surface area contributed by atoms with Gasteiger partial charge in [0.2, 0.25) is 0 Å². The third-order valence-electron chi connectivity index (χ3n) is 5.15. The molecule has 32 heavy (non-hydrogen) atoms. The van der Waals surface area contributed by atoms with Gasteiger partial charge < -0.3 is 10.1 Å². The molecule has 2 unspecified atom stereocenters. The largest absolute Gasteiger partial charge is 0.444 e. The van der Waals surface area contributed by atoms with Crippen molar-refractivity contribution >= 4 is 28.5 Å². The molecule has 2 atom stereocenters. The minimum absolute atomic E-state index is 0.197. The molecule has 0 aliphatic carbocycles. The number of likely N-dealkylation sites (tertiary alicyclic amines) is 1. The lowest BCUT2D eigenvalue weighted by Crippen LogP contribution is -2.38. The van der Waals surface area contributed by atoms with Crippen LogP contribution in [-0.4, -0.2) is 40.6 Å². The van der Waals surface area contributed by atoms with E-state index in [9.17, 15) is 9.59 Å². The molecule has 1 aliphatic rings. The van der Waals surface area contributed by atoms with Crippen LogP contribution in [0.2, 0.25) is 0 Å². The minimum Gasteiger partial charge on any atom is -0.444 e. The van der Waals surface area contributed by atoms with E-state index in [1.165, 1.54) is 17.8 Å². The number of alkyl carbamates (subject to hydrolysis) is 1. The smallest absolute Gasteiger partial charge is 0.407 e. The summed E-state index contributed by atoms with van der Waals surface area (Å²) in [7, 11) is 0. The van der Waals surface area contributed by atoms with E-state index in [0.29, 0.717) is 29.1 Å². The van der Waals surface area contributed by atoms with Crippen molar-refractivity contribution in [1.82, 2.24) is 15.2 Å². The molecule has 0 bridgehead atoms. The van der Waals surface area contributed by atoms with Gasteiger partial charge in [-0.15, -0.1) is 11.3 Å². The standard InChI is InChI=1S/C24H34N4O3S/c1-16-10-17(2)13-28(12-16)14-20-15-32-22(26-20)27-21(29)19-8-6-18(7-9-19)11-25-23(30)31-24(3,4)5/h6-9,15-17H,10-14H2,1-5H3,(H,25,30)(H,26,27,29). The molecule has 7 nitrogen and oxygen atoms in total. The fourth-order valence-corrected chi connectivity index (χ4v) is 4.72. The van der Waals surface area contributed by atoms with Gasteiger partial charge in [-0.2, -0.15) is 0 Å². The van der Waals surface area contributed by atoms with Gasteiger partial charge in [-0.3, -0.25) is 15.0 Å². The molecule has 2 aromatic rings. The summed E-state index contributed by atoms with van der Waals surface area (Å²) in [5, 5.41) is 8.23. The lowest BCUT2D eigenvalue weighted by Gasteiger charge is -2.34. The highest BCUT2D eigenvalue weighted by Gasteiger charge is 2.22. The van der Waals surface area contributed by atoms with Crippen LogP contribution in [0.25, 0.3) is 0 Å². The van der Waals surface area contributed by atoms with Gasteiger partial charge in [0.25, 0.3) is 5.91 Å². The Hall–Kier alpha value is -2.45. The summed E-state index contributed by atoms with van der Waals surface area (Å²) in [4.78, 5) is 31.4. The SMILES string of the molecule is CC1CC(C)CN(Cc2csc(NC(=O)c3ccc(CNC(=O)OC(C)(C)C)cc3)n2)C1. The monoisotopic (exact) mass is 458 g/mol. The minimum atomic E-state index is -0.535. The first-order chi connectivity index (χ1) is 15.1. The Bertz CT molecular complexity index is 910. The van der Waals surface area contributed by atoms with Crippen molar-refractivity contribution in [1.29, 1.82) is 0 Å². The molecule has 1 fully saturated rings. The topological polar surface area (TPSA) is 83.6 Å². The number of aromatic nitrogens is 1. The van der Waals surface area contributed by atoms with Crippen LogP contribution in [0, 0.1) is 11.8 Å². The summed E-state index contributed by atoms with van der Waals surface area (Å²) in [6, 6.07) is 7.12. The number of thiazole rings is 1. The van der Waals surface area contributed by atoms with Crippen molar-refractivity contribution in [3.63, 3.8) is 0 Å². The van der Waals surface area contributed by atoms with Crippen LogP contribution in [-0.2, 0) is 17.8 Å². The predicted molar refractivity (Wildman–Crippen MR) is 128 cm³/mol. The summed E-state index contributed by atoms with van der Waals surface area (Å²) in [5.41, 5.74) is 1.89. The number of nitrogens with one attached hydrogen (secondary N) is 2. The van der Waals surface area contributed by atoms with Crippen molar-refractivity contribution in [3.05, 3.63) is 46.5 Å². The van der Waals surface area contributed by atoms with E-state index in [0.717, 1.165) is 30.9 Å². The van der Waals surface area contributed by atoms with Gasteiger partial charge in [-0.05, 0) is 56.7 Å². The Morgan fingerprint density at radius 2 is 1.81 bits per heavy atom. The van der Waals surface area contributed by atoms with Crippen LogP contribution in [0.4, 0.5) is 9.93 Å². The zero-order valence-corrected chi connectivity index (χ0v) is 20.4.